The second-order valence-corrected chi connectivity index (χ2v) is 8.32. The molecule has 4 rings (SSSR count). The second-order valence-electron chi connectivity index (χ2n) is 7.47. The van der Waals surface area contributed by atoms with Crippen molar-refractivity contribution in [2.24, 2.45) is 0 Å². The van der Waals surface area contributed by atoms with Crippen molar-refractivity contribution in [1.82, 2.24) is 25.0 Å². The number of thiazole rings is 1. The first kappa shape index (κ1) is 19.7. The van der Waals surface area contributed by atoms with Gasteiger partial charge in [0.2, 0.25) is 5.91 Å². The quantitative estimate of drug-likeness (QED) is 0.686. The van der Waals surface area contributed by atoms with Crippen molar-refractivity contribution < 1.29 is 9.32 Å². The van der Waals surface area contributed by atoms with Crippen LogP contribution in [0.25, 0.3) is 11.3 Å². The molecule has 29 heavy (non-hydrogen) atoms. The van der Waals surface area contributed by atoms with Crippen molar-refractivity contribution in [2.75, 3.05) is 25.0 Å². The third kappa shape index (κ3) is 4.68. The van der Waals surface area contributed by atoms with Crippen molar-refractivity contribution >= 4 is 22.4 Å². The summed E-state index contributed by atoms with van der Waals surface area (Å²) in [6.45, 7) is 7.70. The van der Waals surface area contributed by atoms with Gasteiger partial charge in [-0.2, -0.15) is 0 Å². The van der Waals surface area contributed by atoms with E-state index >= 15 is 0 Å². The summed E-state index contributed by atoms with van der Waals surface area (Å²) in [5, 5.41) is 9.47. The number of piperidine rings is 1. The number of nitrogens with one attached hydrogen (secondary N) is 1. The van der Waals surface area contributed by atoms with Crippen LogP contribution >= 0.6 is 11.3 Å². The third-order valence-corrected chi connectivity index (χ3v) is 5.83. The van der Waals surface area contributed by atoms with Crippen molar-refractivity contribution in [1.29, 1.82) is 0 Å². The Morgan fingerprint density at radius 2 is 2.17 bits per heavy atom. The number of rotatable bonds is 5. The van der Waals surface area contributed by atoms with E-state index in [4.69, 9.17) is 9.51 Å². The molecule has 1 amide bonds. The van der Waals surface area contributed by atoms with Crippen LogP contribution in [0.15, 0.2) is 22.2 Å². The first-order valence-corrected chi connectivity index (χ1v) is 10.6. The minimum atomic E-state index is -0.0371. The summed E-state index contributed by atoms with van der Waals surface area (Å²) in [4.78, 5) is 28.0. The molecular weight excluding hydrogens is 388 g/mol. The van der Waals surface area contributed by atoms with Crippen LogP contribution in [0.5, 0.6) is 0 Å². The highest BCUT2D eigenvalue weighted by Gasteiger charge is 2.27. The normalized spacial score (nSPS) is 17.4. The molecule has 1 N–H and O–H groups in total. The van der Waals surface area contributed by atoms with E-state index in [1.165, 1.54) is 11.3 Å². The number of likely N-dealkylation sites (tertiary alicyclic amines) is 1. The highest BCUT2D eigenvalue weighted by atomic mass is 32.1. The molecule has 0 aromatic carbocycles. The average Bonchev–Trinajstić information content (AvgIpc) is 3.30. The molecule has 1 atom stereocenters. The number of anilines is 1. The Balaban J connectivity index is 1.48. The molecule has 8 nitrogen and oxygen atoms in total. The van der Waals surface area contributed by atoms with Crippen LogP contribution < -0.4 is 5.32 Å². The Bertz CT molecular complexity index is 1010. The molecule has 3 aromatic heterocycles. The van der Waals surface area contributed by atoms with Gasteiger partial charge in [-0.3, -0.25) is 9.69 Å². The van der Waals surface area contributed by atoms with E-state index in [2.05, 4.69) is 25.3 Å². The van der Waals surface area contributed by atoms with E-state index < -0.39 is 0 Å². The van der Waals surface area contributed by atoms with Gasteiger partial charge in [-0.1, -0.05) is 5.16 Å². The molecule has 0 unspecified atom stereocenters. The van der Waals surface area contributed by atoms with Crippen molar-refractivity contribution in [3.8, 4) is 11.3 Å². The molecule has 1 fully saturated rings. The number of amides is 1. The fraction of sp³-hybridized carbons (Fsp3) is 0.450. The average molecular weight is 413 g/mol. The van der Waals surface area contributed by atoms with Crippen LogP contribution in [-0.2, 0) is 4.79 Å². The summed E-state index contributed by atoms with van der Waals surface area (Å²) in [6.07, 6.45) is 3.83. The summed E-state index contributed by atoms with van der Waals surface area (Å²) in [6, 6.07) is 1.90. The standard InChI is InChI=1S/C20H24N6O2S/c1-12-7-17(28-25-12)16-8-21-14(3)23-19(16)15-5-4-6-26(9-15)10-18(27)24-20-22-13(2)11-29-20/h7-8,11,15H,4-6,9-10H2,1-3H3,(H,22,24,27)/t15-/m1/s1. The Labute approximate surface area is 173 Å². The maximum atomic E-state index is 12.4. The Morgan fingerprint density at radius 1 is 1.31 bits per heavy atom. The predicted molar refractivity (Wildman–Crippen MR) is 111 cm³/mol. The molecule has 0 bridgehead atoms. The minimum Gasteiger partial charge on any atom is -0.356 e. The molecular formula is C20H24N6O2S. The lowest BCUT2D eigenvalue weighted by Crippen LogP contribution is -2.40. The molecule has 1 saturated heterocycles. The maximum absolute atomic E-state index is 12.4. The molecule has 0 spiro atoms. The lowest BCUT2D eigenvalue weighted by molar-refractivity contribution is -0.117. The van der Waals surface area contributed by atoms with Gasteiger partial charge in [0.05, 0.1) is 29.2 Å². The van der Waals surface area contributed by atoms with Gasteiger partial charge >= 0.3 is 0 Å². The van der Waals surface area contributed by atoms with E-state index in [1.807, 2.05) is 38.4 Å². The summed E-state index contributed by atoms with van der Waals surface area (Å²) in [7, 11) is 0. The Kier molecular flexibility index (Phi) is 5.68. The van der Waals surface area contributed by atoms with Gasteiger partial charge in [0.25, 0.3) is 0 Å². The largest absolute Gasteiger partial charge is 0.356 e. The minimum absolute atomic E-state index is 0.0371. The fourth-order valence-corrected chi connectivity index (χ4v) is 4.38. The van der Waals surface area contributed by atoms with Crippen LogP contribution in [-0.4, -0.2) is 50.5 Å². The molecule has 4 heterocycles. The highest BCUT2D eigenvalue weighted by molar-refractivity contribution is 7.13. The van der Waals surface area contributed by atoms with Gasteiger partial charge in [-0.15, -0.1) is 11.3 Å². The zero-order valence-corrected chi connectivity index (χ0v) is 17.6. The zero-order chi connectivity index (χ0) is 20.4. The van der Waals surface area contributed by atoms with Gasteiger partial charge in [-0.05, 0) is 40.2 Å². The third-order valence-electron chi connectivity index (χ3n) is 4.96. The van der Waals surface area contributed by atoms with Crippen LogP contribution in [0.1, 0.15) is 41.7 Å². The van der Waals surface area contributed by atoms with Gasteiger partial charge in [-0.25, -0.2) is 15.0 Å². The topological polar surface area (TPSA) is 97.0 Å². The summed E-state index contributed by atoms with van der Waals surface area (Å²) in [5.74, 6) is 1.59. The van der Waals surface area contributed by atoms with E-state index in [9.17, 15) is 4.79 Å². The van der Waals surface area contributed by atoms with Crippen molar-refractivity contribution in [3.05, 3.63) is 40.5 Å². The van der Waals surface area contributed by atoms with E-state index in [1.54, 1.807) is 0 Å². The SMILES string of the molecule is Cc1cc(-c2cnc(C)nc2[C@@H]2CCCN(CC(=O)Nc3nc(C)cs3)C2)on1. The van der Waals surface area contributed by atoms with Gasteiger partial charge in [0.1, 0.15) is 5.82 Å². The second kappa shape index (κ2) is 8.38. The van der Waals surface area contributed by atoms with Gasteiger partial charge in [0.15, 0.2) is 10.9 Å². The van der Waals surface area contributed by atoms with Crippen molar-refractivity contribution in [3.63, 3.8) is 0 Å². The highest BCUT2D eigenvalue weighted by Crippen LogP contribution is 2.33. The molecule has 0 radical (unpaired) electrons. The number of aromatic nitrogens is 4. The van der Waals surface area contributed by atoms with Crippen LogP contribution in [0.2, 0.25) is 0 Å². The lowest BCUT2D eigenvalue weighted by atomic mass is 9.91. The molecule has 0 aliphatic carbocycles. The van der Waals surface area contributed by atoms with Crippen LogP contribution in [0.4, 0.5) is 5.13 Å². The van der Waals surface area contributed by atoms with Gasteiger partial charge in [0, 0.05) is 30.1 Å². The van der Waals surface area contributed by atoms with E-state index in [0.29, 0.717) is 17.4 Å². The van der Waals surface area contributed by atoms with Crippen LogP contribution in [0, 0.1) is 20.8 Å². The Hall–Kier alpha value is -2.65. The number of carbonyl (C=O) groups is 1. The number of hydrogen-bond donors (Lipinski definition) is 1. The molecule has 9 heteroatoms. The van der Waals surface area contributed by atoms with E-state index in [-0.39, 0.29) is 11.8 Å². The van der Waals surface area contributed by atoms with Crippen molar-refractivity contribution in [2.45, 2.75) is 39.5 Å². The van der Waals surface area contributed by atoms with E-state index in [0.717, 1.165) is 54.4 Å². The monoisotopic (exact) mass is 412 g/mol. The lowest BCUT2D eigenvalue weighted by Gasteiger charge is -2.32. The number of aryl methyl sites for hydroxylation is 3. The number of carbonyl (C=O) groups excluding carboxylic acids is 1. The smallest absolute Gasteiger partial charge is 0.240 e. The molecule has 0 saturated carbocycles. The summed E-state index contributed by atoms with van der Waals surface area (Å²) < 4.78 is 5.47. The molecule has 1 aliphatic heterocycles. The molecule has 1 aliphatic rings. The predicted octanol–water partition coefficient (Wildman–Crippen LogP) is 3.33. The van der Waals surface area contributed by atoms with Gasteiger partial charge < -0.3 is 9.84 Å². The van der Waals surface area contributed by atoms with Crippen LogP contribution in [0.3, 0.4) is 0 Å². The summed E-state index contributed by atoms with van der Waals surface area (Å²) in [5.41, 5.74) is 3.59. The first-order chi connectivity index (χ1) is 14.0. The zero-order valence-electron chi connectivity index (χ0n) is 16.8. The summed E-state index contributed by atoms with van der Waals surface area (Å²) >= 11 is 1.45. The Morgan fingerprint density at radius 3 is 2.90 bits per heavy atom. The molecule has 3 aromatic rings. The number of nitrogens with zero attached hydrogens (tertiary/aromatic N) is 5. The maximum Gasteiger partial charge on any atom is 0.240 e. The first-order valence-electron chi connectivity index (χ1n) is 9.69. The molecule has 152 valence electrons. The number of hydrogen-bond acceptors (Lipinski definition) is 8. The fourth-order valence-electron chi connectivity index (χ4n) is 3.67.